The standard InChI is InChI=1S/C13H26O/c1-9(2)12-8-11(5)6-7-13(12)14-10(3)4/h9-13H,6-8H2,1-5H3/t11-,12-,13+/m0/s1. The van der Waals surface area contributed by atoms with Gasteiger partial charge in [-0.2, -0.15) is 0 Å². The van der Waals surface area contributed by atoms with E-state index in [0.29, 0.717) is 12.2 Å². The maximum atomic E-state index is 6.01. The van der Waals surface area contributed by atoms with Crippen molar-refractivity contribution in [3.05, 3.63) is 0 Å². The lowest BCUT2D eigenvalue weighted by Crippen LogP contribution is -2.35. The van der Waals surface area contributed by atoms with E-state index in [-0.39, 0.29) is 0 Å². The zero-order chi connectivity index (χ0) is 10.7. The van der Waals surface area contributed by atoms with Crippen molar-refractivity contribution in [2.45, 2.75) is 66.1 Å². The summed E-state index contributed by atoms with van der Waals surface area (Å²) in [7, 11) is 0. The fourth-order valence-electron chi connectivity index (χ4n) is 2.62. The molecule has 0 radical (unpaired) electrons. The van der Waals surface area contributed by atoms with Crippen molar-refractivity contribution in [3.63, 3.8) is 0 Å². The molecule has 0 unspecified atom stereocenters. The lowest BCUT2D eigenvalue weighted by molar-refractivity contribution is -0.0653. The van der Waals surface area contributed by atoms with Crippen LogP contribution >= 0.6 is 0 Å². The van der Waals surface area contributed by atoms with E-state index < -0.39 is 0 Å². The molecule has 0 aromatic carbocycles. The highest BCUT2D eigenvalue weighted by molar-refractivity contribution is 4.81. The van der Waals surface area contributed by atoms with E-state index in [9.17, 15) is 0 Å². The summed E-state index contributed by atoms with van der Waals surface area (Å²) in [6.07, 6.45) is 4.87. The van der Waals surface area contributed by atoms with E-state index in [1.807, 2.05) is 0 Å². The summed E-state index contributed by atoms with van der Waals surface area (Å²) in [6, 6.07) is 0. The van der Waals surface area contributed by atoms with Crippen molar-refractivity contribution in [1.29, 1.82) is 0 Å². The van der Waals surface area contributed by atoms with E-state index in [1.54, 1.807) is 0 Å². The molecule has 1 heteroatoms. The predicted molar refractivity (Wildman–Crippen MR) is 61.4 cm³/mol. The van der Waals surface area contributed by atoms with Crippen molar-refractivity contribution >= 4 is 0 Å². The van der Waals surface area contributed by atoms with E-state index in [4.69, 9.17) is 4.74 Å². The van der Waals surface area contributed by atoms with Crippen molar-refractivity contribution in [2.24, 2.45) is 17.8 Å². The summed E-state index contributed by atoms with van der Waals surface area (Å²) >= 11 is 0. The Morgan fingerprint density at radius 2 is 1.71 bits per heavy atom. The lowest BCUT2D eigenvalue weighted by Gasteiger charge is -2.38. The topological polar surface area (TPSA) is 9.23 Å². The van der Waals surface area contributed by atoms with Crippen LogP contribution in [0.4, 0.5) is 0 Å². The normalized spacial score (nSPS) is 34.1. The van der Waals surface area contributed by atoms with Crippen molar-refractivity contribution in [2.75, 3.05) is 0 Å². The second-order valence-corrected chi connectivity index (χ2v) is 5.55. The second kappa shape index (κ2) is 5.16. The van der Waals surface area contributed by atoms with Gasteiger partial charge in [0.15, 0.2) is 0 Å². The van der Waals surface area contributed by atoms with Crippen LogP contribution < -0.4 is 0 Å². The molecule has 1 nitrogen and oxygen atoms in total. The minimum atomic E-state index is 0.384. The van der Waals surface area contributed by atoms with Gasteiger partial charge < -0.3 is 4.74 Å². The van der Waals surface area contributed by atoms with Gasteiger partial charge in [0.25, 0.3) is 0 Å². The Morgan fingerprint density at radius 3 is 2.21 bits per heavy atom. The van der Waals surface area contributed by atoms with Crippen molar-refractivity contribution in [1.82, 2.24) is 0 Å². The Morgan fingerprint density at radius 1 is 1.07 bits per heavy atom. The largest absolute Gasteiger partial charge is 0.375 e. The Hall–Kier alpha value is -0.0400. The maximum Gasteiger partial charge on any atom is 0.0609 e. The molecule has 1 aliphatic rings. The first-order valence-corrected chi connectivity index (χ1v) is 6.16. The highest BCUT2D eigenvalue weighted by Gasteiger charge is 2.31. The van der Waals surface area contributed by atoms with Gasteiger partial charge >= 0.3 is 0 Å². The molecule has 0 saturated heterocycles. The molecule has 84 valence electrons. The molecule has 0 bridgehead atoms. The van der Waals surface area contributed by atoms with Gasteiger partial charge in [0.1, 0.15) is 0 Å². The van der Waals surface area contributed by atoms with Crippen LogP contribution in [0.5, 0.6) is 0 Å². The first kappa shape index (κ1) is 12.0. The van der Waals surface area contributed by atoms with Crippen LogP contribution in [0, 0.1) is 17.8 Å². The predicted octanol–water partition coefficient (Wildman–Crippen LogP) is 3.87. The van der Waals surface area contributed by atoms with Crippen LogP contribution in [0.1, 0.15) is 53.9 Å². The number of hydrogen-bond donors (Lipinski definition) is 0. The van der Waals surface area contributed by atoms with Crippen LogP contribution in [0.25, 0.3) is 0 Å². The van der Waals surface area contributed by atoms with E-state index in [1.165, 1.54) is 19.3 Å². The molecule has 1 rings (SSSR count). The van der Waals surface area contributed by atoms with Crippen LogP contribution in [0.2, 0.25) is 0 Å². The Balaban J connectivity index is 2.53. The average molecular weight is 198 g/mol. The Labute approximate surface area is 89.2 Å². The Bertz CT molecular complexity index is 163. The van der Waals surface area contributed by atoms with Gasteiger partial charge in [0.05, 0.1) is 12.2 Å². The third-order valence-electron chi connectivity index (χ3n) is 3.40. The molecule has 1 fully saturated rings. The summed E-state index contributed by atoms with van der Waals surface area (Å²) in [4.78, 5) is 0. The first-order valence-electron chi connectivity index (χ1n) is 6.16. The molecule has 0 heterocycles. The molecule has 0 aromatic rings. The highest BCUT2D eigenvalue weighted by Crippen LogP contribution is 2.35. The maximum absolute atomic E-state index is 6.01. The molecule has 1 aliphatic carbocycles. The fraction of sp³-hybridized carbons (Fsp3) is 1.00. The smallest absolute Gasteiger partial charge is 0.0609 e. The molecule has 0 N–H and O–H groups in total. The molecule has 0 amide bonds. The van der Waals surface area contributed by atoms with Crippen LogP contribution in [-0.2, 0) is 4.74 Å². The summed E-state index contributed by atoms with van der Waals surface area (Å²) in [5.74, 6) is 2.44. The lowest BCUT2D eigenvalue weighted by atomic mass is 9.75. The number of rotatable bonds is 3. The van der Waals surface area contributed by atoms with Crippen molar-refractivity contribution in [3.8, 4) is 0 Å². The van der Waals surface area contributed by atoms with Gasteiger partial charge in [-0.05, 0) is 50.9 Å². The Kier molecular flexibility index (Phi) is 4.43. The van der Waals surface area contributed by atoms with Gasteiger partial charge in [0, 0.05) is 0 Å². The molecule has 14 heavy (non-hydrogen) atoms. The molecular weight excluding hydrogens is 172 g/mol. The van der Waals surface area contributed by atoms with Gasteiger partial charge in [-0.15, -0.1) is 0 Å². The van der Waals surface area contributed by atoms with Crippen molar-refractivity contribution < 1.29 is 4.74 Å². The monoisotopic (exact) mass is 198 g/mol. The van der Waals surface area contributed by atoms with E-state index >= 15 is 0 Å². The average Bonchev–Trinajstić information content (AvgIpc) is 2.07. The van der Waals surface area contributed by atoms with E-state index in [0.717, 1.165) is 17.8 Å². The van der Waals surface area contributed by atoms with Crippen LogP contribution in [0.15, 0.2) is 0 Å². The van der Waals surface area contributed by atoms with Gasteiger partial charge in [-0.25, -0.2) is 0 Å². The second-order valence-electron chi connectivity index (χ2n) is 5.55. The molecular formula is C13H26O. The SMILES string of the molecule is CC(C)O[C@@H]1CC[C@H](C)C[C@H]1C(C)C. The minimum absolute atomic E-state index is 0.384. The van der Waals surface area contributed by atoms with Crippen LogP contribution in [-0.4, -0.2) is 12.2 Å². The third-order valence-corrected chi connectivity index (χ3v) is 3.40. The summed E-state index contributed by atoms with van der Waals surface area (Å²) in [5.41, 5.74) is 0. The third kappa shape index (κ3) is 3.27. The molecule has 0 spiro atoms. The quantitative estimate of drug-likeness (QED) is 0.669. The number of hydrogen-bond acceptors (Lipinski definition) is 1. The highest BCUT2D eigenvalue weighted by atomic mass is 16.5. The van der Waals surface area contributed by atoms with Gasteiger partial charge in [-0.3, -0.25) is 0 Å². The number of ether oxygens (including phenoxy) is 1. The minimum Gasteiger partial charge on any atom is -0.375 e. The molecule has 1 saturated carbocycles. The fourth-order valence-corrected chi connectivity index (χ4v) is 2.62. The van der Waals surface area contributed by atoms with Gasteiger partial charge in [-0.1, -0.05) is 20.8 Å². The summed E-state index contributed by atoms with van der Waals surface area (Å²) in [6.45, 7) is 11.3. The molecule has 0 aliphatic heterocycles. The molecule has 3 atom stereocenters. The van der Waals surface area contributed by atoms with E-state index in [2.05, 4.69) is 34.6 Å². The molecule has 0 aromatic heterocycles. The summed E-state index contributed by atoms with van der Waals surface area (Å²) < 4.78 is 6.01. The zero-order valence-corrected chi connectivity index (χ0v) is 10.4. The summed E-state index contributed by atoms with van der Waals surface area (Å²) in [5, 5.41) is 0. The first-order chi connectivity index (χ1) is 6.50. The van der Waals surface area contributed by atoms with Crippen LogP contribution in [0.3, 0.4) is 0 Å². The zero-order valence-electron chi connectivity index (χ0n) is 10.4. The van der Waals surface area contributed by atoms with Gasteiger partial charge in [0.2, 0.25) is 0 Å².